The van der Waals surface area contributed by atoms with Gasteiger partial charge in [0.2, 0.25) is 0 Å². The summed E-state index contributed by atoms with van der Waals surface area (Å²) in [5.74, 6) is 0. The molecule has 0 aliphatic rings. The Morgan fingerprint density at radius 2 is 1.75 bits per heavy atom. The summed E-state index contributed by atoms with van der Waals surface area (Å²) in [5.41, 5.74) is 7.42. The van der Waals surface area contributed by atoms with E-state index in [1.165, 1.54) is 5.56 Å². The molecule has 0 bridgehead atoms. The first-order valence-electron chi connectivity index (χ1n) is 9.19. The number of aromatic nitrogens is 2. The standard InChI is InChI=1S/C24H18N3O/c1-14-11-19-17-9-6-7-16(12-25)23(17)28-24(19)21(15(14)2)22-18-8-4-5-10-20(18)26-13-27(22)3/h4-11,13H,1-3H3/q+1. The van der Waals surface area contributed by atoms with Crippen molar-refractivity contribution in [3.05, 3.63) is 71.5 Å². The molecule has 0 unspecified atom stereocenters. The van der Waals surface area contributed by atoms with Gasteiger partial charge in [-0.3, -0.25) is 0 Å². The third kappa shape index (κ3) is 2.17. The Hall–Kier alpha value is -3.71. The summed E-state index contributed by atoms with van der Waals surface area (Å²) in [5, 5.41) is 12.6. The van der Waals surface area contributed by atoms with E-state index in [0.717, 1.165) is 44.1 Å². The van der Waals surface area contributed by atoms with Crippen LogP contribution in [0.2, 0.25) is 0 Å². The van der Waals surface area contributed by atoms with E-state index in [4.69, 9.17) is 4.42 Å². The number of fused-ring (bicyclic) bond motifs is 4. The lowest BCUT2D eigenvalue weighted by Gasteiger charge is -2.11. The van der Waals surface area contributed by atoms with E-state index in [1.807, 2.05) is 48.3 Å². The second-order valence-corrected chi connectivity index (χ2v) is 7.19. The van der Waals surface area contributed by atoms with Gasteiger partial charge in [0.1, 0.15) is 17.3 Å². The van der Waals surface area contributed by atoms with E-state index in [1.54, 1.807) is 6.07 Å². The molecular weight excluding hydrogens is 346 g/mol. The minimum absolute atomic E-state index is 0.555. The predicted molar refractivity (Wildman–Crippen MR) is 110 cm³/mol. The quantitative estimate of drug-likeness (QED) is 0.388. The van der Waals surface area contributed by atoms with Gasteiger partial charge in [0, 0.05) is 10.8 Å². The van der Waals surface area contributed by atoms with Gasteiger partial charge in [-0.15, -0.1) is 0 Å². The van der Waals surface area contributed by atoms with Crippen LogP contribution in [0.1, 0.15) is 16.7 Å². The van der Waals surface area contributed by atoms with E-state index < -0.39 is 0 Å². The maximum absolute atomic E-state index is 9.52. The average Bonchev–Trinajstić information content (AvgIpc) is 3.08. The smallest absolute Gasteiger partial charge is 0.287 e. The maximum Gasteiger partial charge on any atom is 0.287 e. The van der Waals surface area contributed by atoms with Crippen molar-refractivity contribution in [2.45, 2.75) is 13.8 Å². The van der Waals surface area contributed by atoms with Gasteiger partial charge in [-0.1, -0.05) is 24.3 Å². The Balaban J connectivity index is 2.03. The summed E-state index contributed by atoms with van der Waals surface area (Å²) in [6.07, 6.45) is 1.84. The molecule has 0 saturated heterocycles. The number of para-hydroxylation sites is 2. The fraction of sp³-hybridized carbons (Fsp3) is 0.125. The number of aryl methyl sites for hydroxylation is 2. The van der Waals surface area contributed by atoms with Crippen LogP contribution in [-0.4, -0.2) is 4.98 Å². The Labute approximate surface area is 162 Å². The zero-order valence-corrected chi connectivity index (χ0v) is 15.9. The number of furan rings is 1. The third-order valence-corrected chi connectivity index (χ3v) is 5.55. The van der Waals surface area contributed by atoms with Crippen LogP contribution in [0.25, 0.3) is 44.1 Å². The molecular formula is C24H18N3O+. The summed E-state index contributed by atoms with van der Waals surface area (Å²) in [4.78, 5) is 4.56. The molecule has 0 amide bonds. The molecule has 0 aliphatic heterocycles. The Bertz CT molecular complexity index is 1450. The summed E-state index contributed by atoms with van der Waals surface area (Å²) in [6.45, 7) is 4.24. The minimum atomic E-state index is 0.555. The highest BCUT2D eigenvalue weighted by molar-refractivity contribution is 6.13. The van der Waals surface area contributed by atoms with Crippen molar-refractivity contribution in [1.82, 2.24) is 4.98 Å². The highest BCUT2D eigenvalue weighted by atomic mass is 16.3. The van der Waals surface area contributed by atoms with Crippen LogP contribution >= 0.6 is 0 Å². The number of benzene rings is 3. The Morgan fingerprint density at radius 3 is 2.57 bits per heavy atom. The molecule has 2 heterocycles. The molecule has 5 aromatic rings. The third-order valence-electron chi connectivity index (χ3n) is 5.55. The van der Waals surface area contributed by atoms with Crippen molar-refractivity contribution in [3.8, 4) is 17.3 Å². The maximum atomic E-state index is 9.52. The van der Waals surface area contributed by atoms with Gasteiger partial charge in [0.05, 0.1) is 23.6 Å². The Kier molecular flexibility index (Phi) is 3.47. The van der Waals surface area contributed by atoms with Crippen LogP contribution in [-0.2, 0) is 7.05 Å². The normalized spacial score (nSPS) is 11.4. The molecule has 4 nitrogen and oxygen atoms in total. The molecule has 134 valence electrons. The topological polar surface area (TPSA) is 53.7 Å². The fourth-order valence-corrected chi connectivity index (χ4v) is 4.03. The van der Waals surface area contributed by atoms with Gasteiger partial charge >= 0.3 is 0 Å². The van der Waals surface area contributed by atoms with Crippen LogP contribution in [0.3, 0.4) is 0 Å². The van der Waals surface area contributed by atoms with E-state index >= 15 is 0 Å². The molecule has 28 heavy (non-hydrogen) atoms. The first-order chi connectivity index (χ1) is 13.6. The first kappa shape index (κ1) is 16.5. The fourth-order valence-electron chi connectivity index (χ4n) is 4.03. The summed E-state index contributed by atoms with van der Waals surface area (Å²) in [7, 11) is 2.01. The van der Waals surface area contributed by atoms with Crippen LogP contribution in [0, 0.1) is 25.2 Å². The number of hydrogen-bond acceptors (Lipinski definition) is 3. The molecule has 4 heteroatoms. The molecule has 0 atom stereocenters. The minimum Gasteiger partial charge on any atom is -0.454 e. The second kappa shape index (κ2) is 5.90. The first-order valence-corrected chi connectivity index (χ1v) is 9.19. The van der Waals surface area contributed by atoms with Crippen molar-refractivity contribution in [3.63, 3.8) is 0 Å². The largest absolute Gasteiger partial charge is 0.454 e. The van der Waals surface area contributed by atoms with Crippen LogP contribution in [0.5, 0.6) is 0 Å². The molecule has 0 saturated carbocycles. The number of rotatable bonds is 1. The van der Waals surface area contributed by atoms with Crippen LogP contribution in [0.15, 0.2) is 59.3 Å². The molecule has 0 spiro atoms. The SMILES string of the molecule is Cc1cc2c(oc3c(C#N)cccc32)c(-c2c3ccccc3nc[n+]2C)c1C. The number of hydrogen-bond donors (Lipinski definition) is 0. The molecule has 0 radical (unpaired) electrons. The Morgan fingerprint density at radius 1 is 0.964 bits per heavy atom. The molecule has 0 fully saturated rings. The summed E-state index contributed by atoms with van der Waals surface area (Å²) < 4.78 is 8.39. The highest BCUT2D eigenvalue weighted by Gasteiger charge is 2.24. The molecule has 5 rings (SSSR count). The van der Waals surface area contributed by atoms with Crippen molar-refractivity contribution >= 4 is 32.8 Å². The number of nitrogens with zero attached hydrogens (tertiary/aromatic N) is 3. The van der Waals surface area contributed by atoms with E-state index in [0.29, 0.717) is 11.1 Å². The van der Waals surface area contributed by atoms with Crippen LogP contribution < -0.4 is 4.57 Å². The van der Waals surface area contributed by atoms with Gasteiger partial charge in [0.15, 0.2) is 11.1 Å². The molecule has 0 aliphatic carbocycles. The lowest BCUT2D eigenvalue weighted by molar-refractivity contribution is -0.662. The zero-order valence-electron chi connectivity index (χ0n) is 15.9. The summed E-state index contributed by atoms with van der Waals surface area (Å²) >= 11 is 0. The van der Waals surface area contributed by atoms with Gasteiger partial charge in [-0.05, 0) is 54.2 Å². The lowest BCUT2D eigenvalue weighted by atomic mass is 9.94. The molecule has 0 N–H and O–H groups in total. The van der Waals surface area contributed by atoms with E-state index in [2.05, 4.69) is 37.0 Å². The summed E-state index contributed by atoms with van der Waals surface area (Å²) in [6, 6.07) is 18.3. The zero-order chi connectivity index (χ0) is 19.4. The lowest BCUT2D eigenvalue weighted by Crippen LogP contribution is -2.32. The van der Waals surface area contributed by atoms with Crippen molar-refractivity contribution in [2.75, 3.05) is 0 Å². The highest BCUT2D eigenvalue weighted by Crippen LogP contribution is 2.40. The van der Waals surface area contributed by atoms with Crippen molar-refractivity contribution < 1.29 is 8.98 Å². The van der Waals surface area contributed by atoms with Gasteiger partial charge in [-0.25, -0.2) is 4.57 Å². The van der Waals surface area contributed by atoms with Crippen LogP contribution in [0.4, 0.5) is 0 Å². The predicted octanol–water partition coefficient (Wildman–Crippen LogP) is 5.11. The van der Waals surface area contributed by atoms with Crippen molar-refractivity contribution in [2.24, 2.45) is 7.05 Å². The monoisotopic (exact) mass is 364 g/mol. The van der Waals surface area contributed by atoms with Gasteiger partial charge in [0.25, 0.3) is 6.33 Å². The average molecular weight is 364 g/mol. The van der Waals surface area contributed by atoms with Gasteiger partial charge < -0.3 is 4.42 Å². The van der Waals surface area contributed by atoms with E-state index in [-0.39, 0.29) is 0 Å². The van der Waals surface area contributed by atoms with Gasteiger partial charge in [-0.2, -0.15) is 5.26 Å². The molecule has 3 aromatic carbocycles. The second-order valence-electron chi connectivity index (χ2n) is 7.19. The number of nitriles is 1. The molecule has 2 aromatic heterocycles. The van der Waals surface area contributed by atoms with Crippen molar-refractivity contribution in [1.29, 1.82) is 5.26 Å². The van der Waals surface area contributed by atoms with E-state index in [9.17, 15) is 5.26 Å².